The number of nitrogens with two attached hydrogens (primary N) is 4. The molecule has 20 heteroatoms. The van der Waals surface area contributed by atoms with Crippen molar-refractivity contribution in [2.24, 2.45) is 22.9 Å². The zero-order valence-electron chi connectivity index (χ0n) is 36.9. The molecule has 0 aromatic heterocycles. The molecule has 12 N–H and O–H groups in total. The molecule has 6 aromatic rings. The van der Waals surface area contributed by atoms with Crippen molar-refractivity contribution >= 4 is 51.2 Å². The van der Waals surface area contributed by atoms with E-state index in [1.807, 2.05) is 133 Å². The van der Waals surface area contributed by atoms with Crippen LogP contribution in [0.2, 0.25) is 0 Å². The van der Waals surface area contributed by atoms with Gasteiger partial charge in [-0.1, -0.05) is 152 Å². The van der Waals surface area contributed by atoms with E-state index in [1.54, 1.807) is 18.2 Å². The van der Waals surface area contributed by atoms with Gasteiger partial charge in [0, 0.05) is 30.1 Å². The Bertz CT molecular complexity index is 3040. The third kappa shape index (κ3) is 16.1. The number of fused-ring (bicyclic) bond motifs is 2. The fraction of sp³-hybridized carbons (Fsp3) is 0.292. The highest BCUT2D eigenvalue weighted by Gasteiger charge is 2.38. The molecular formula is C48H58N4O12S4. The van der Waals surface area contributed by atoms with Gasteiger partial charge in [0.05, 0.1) is 11.5 Å². The minimum atomic E-state index is -4.06. The van der Waals surface area contributed by atoms with Crippen molar-refractivity contribution in [2.45, 2.75) is 72.7 Å². The van der Waals surface area contributed by atoms with Crippen LogP contribution in [0.1, 0.15) is 77.5 Å². The second-order valence-electron chi connectivity index (χ2n) is 16.7. The summed E-state index contributed by atoms with van der Waals surface area (Å²) in [6, 6.07) is 44.9. The first-order chi connectivity index (χ1) is 31.9. The highest BCUT2D eigenvalue weighted by Crippen LogP contribution is 2.35. The zero-order chi connectivity index (χ0) is 49.9. The van der Waals surface area contributed by atoms with Gasteiger partial charge in [0.2, 0.25) is 0 Å². The first-order valence-corrected chi connectivity index (χ1v) is 27.8. The Morgan fingerprint density at radius 3 is 1.56 bits per heavy atom. The van der Waals surface area contributed by atoms with E-state index >= 15 is 0 Å². The fourth-order valence-electron chi connectivity index (χ4n) is 8.36. The first kappa shape index (κ1) is 54.0. The predicted molar refractivity (Wildman–Crippen MR) is 266 cm³/mol. The minimum Gasteiger partial charge on any atom is -0.326 e. The summed E-state index contributed by atoms with van der Waals surface area (Å²) in [6.07, 6.45) is 3.13. The predicted octanol–water partition coefficient (Wildman–Crippen LogP) is 6.40. The quantitative estimate of drug-likeness (QED) is 0.0689. The SMILES string of the molecule is NC(CS(=O)(=O)O)c1ccc(-c2ccccc2)cc1.NC(CS(=O)(=O)O)c1ccc2ccccc2c1.NC1C(c2ccccc2)CCCC1S(=O)(=O)O.NC1c2ccccc2CCC1S(=O)(=O)O. The summed E-state index contributed by atoms with van der Waals surface area (Å²) in [7, 11) is -16.2. The summed E-state index contributed by atoms with van der Waals surface area (Å²) < 4.78 is 123. The maximum absolute atomic E-state index is 11.2. The summed E-state index contributed by atoms with van der Waals surface area (Å²) in [4.78, 5) is 0. The van der Waals surface area contributed by atoms with E-state index in [1.165, 1.54) is 0 Å². The molecule has 1 saturated carbocycles. The van der Waals surface area contributed by atoms with Crippen LogP contribution in [0.25, 0.3) is 21.9 Å². The largest absolute Gasteiger partial charge is 0.326 e. The van der Waals surface area contributed by atoms with Crippen molar-refractivity contribution in [2.75, 3.05) is 11.5 Å². The van der Waals surface area contributed by atoms with Crippen LogP contribution in [0.5, 0.6) is 0 Å². The molecule has 16 nitrogen and oxygen atoms in total. The Balaban J connectivity index is 0.000000170. The second-order valence-corrected chi connectivity index (χ2v) is 23.0. The molecule has 0 spiro atoms. The van der Waals surface area contributed by atoms with E-state index in [2.05, 4.69) is 0 Å². The average molecular weight is 1010 g/mol. The molecule has 8 rings (SSSR count). The monoisotopic (exact) mass is 1010 g/mol. The number of hydrogen-bond donors (Lipinski definition) is 8. The smallest absolute Gasteiger partial charge is 0.269 e. The summed E-state index contributed by atoms with van der Waals surface area (Å²) in [5.41, 5.74) is 29.7. The van der Waals surface area contributed by atoms with E-state index in [9.17, 15) is 33.7 Å². The van der Waals surface area contributed by atoms with Crippen LogP contribution in [-0.2, 0) is 46.9 Å². The molecule has 0 bridgehead atoms. The Morgan fingerprint density at radius 2 is 0.985 bits per heavy atom. The summed E-state index contributed by atoms with van der Waals surface area (Å²) in [6.45, 7) is 0. The van der Waals surface area contributed by atoms with Crippen LogP contribution in [-0.4, -0.2) is 79.9 Å². The molecule has 6 aromatic carbocycles. The molecule has 0 aliphatic heterocycles. The zero-order valence-corrected chi connectivity index (χ0v) is 40.2. The van der Waals surface area contributed by atoms with Crippen molar-refractivity contribution in [3.05, 3.63) is 179 Å². The standard InChI is InChI=1S/C14H15NO3S.C12H17NO3S.C12H13NO3S.C10H13NO3S/c15-14(10-19(16,17)18)13-8-6-12(7-9-13)11-4-2-1-3-5-11;13-12-10(9-5-2-1-3-6-9)7-4-8-11(12)17(14,15)16;13-12(8-17(14,15)16)11-6-5-9-3-1-2-4-10(9)7-11;11-10-8-4-2-1-3-7(8)5-6-9(10)15(12,13)14/h1-9,14H,10,15H2,(H,16,17,18);1-3,5-6,10-12H,4,7-8,13H2,(H,14,15,16);1-7,12H,8,13H2,(H,14,15,16);1-4,9-10H,5-6,11H2,(H,12,13,14). The summed E-state index contributed by atoms with van der Waals surface area (Å²) in [5.74, 6) is -0.930. The lowest BCUT2D eigenvalue weighted by Crippen LogP contribution is -2.47. The molecule has 2 aliphatic rings. The molecule has 366 valence electrons. The Labute approximate surface area is 398 Å². The average Bonchev–Trinajstić information content (AvgIpc) is 3.28. The van der Waals surface area contributed by atoms with Gasteiger partial charge in [-0.25, -0.2) is 0 Å². The van der Waals surface area contributed by atoms with Gasteiger partial charge in [-0.15, -0.1) is 0 Å². The van der Waals surface area contributed by atoms with Gasteiger partial charge >= 0.3 is 0 Å². The summed E-state index contributed by atoms with van der Waals surface area (Å²) in [5, 5.41) is 0.361. The third-order valence-corrected chi connectivity index (χ3v) is 16.0. The van der Waals surface area contributed by atoms with Gasteiger partial charge in [-0.05, 0) is 81.5 Å². The molecule has 68 heavy (non-hydrogen) atoms. The Hall–Kier alpha value is -4.94. The molecule has 2 aliphatic carbocycles. The lowest BCUT2D eigenvalue weighted by Gasteiger charge is -2.34. The molecule has 0 saturated heterocycles. The van der Waals surface area contributed by atoms with E-state index in [4.69, 9.17) is 41.1 Å². The lowest BCUT2D eigenvalue weighted by molar-refractivity contribution is 0.359. The van der Waals surface area contributed by atoms with Crippen LogP contribution in [0.3, 0.4) is 0 Å². The number of hydrogen-bond acceptors (Lipinski definition) is 12. The highest BCUT2D eigenvalue weighted by atomic mass is 32.2. The van der Waals surface area contributed by atoms with Gasteiger partial charge in [-0.3, -0.25) is 18.2 Å². The van der Waals surface area contributed by atoms with Crippen molar-refractivity contribution in [3.63, 3.8) is 0 Å². The number of benzene rings is 6. The second kappa shape index (κ2) is 23.6. The van der Waals surface area contributed by atoms with Crippen LogP contribution in [0.4, 0.5) is 0 Å². The third-order valence-electron chi connectivity index (χ3n) is 11.8. The molecule has 1 fully saturated rings. The molecule has 7 unspecified atom stereocenters. The maximum Gasteiger partial charge on any atom is 0.269 e. The fourth-order valence-corrected chi connectivity index (χ4v) is 11.6. The molecule has 7 atom stereocenters. The van der Waals surface area contributed by atoms with Gasteiger partial charge in [0.25, 0.3) is 40.5 Å². The van der Waals surface area contributed by atoms with Gasteiger partial charge in [-0.2, -0.15) is 33.7 Å². The van der Waals surface area contributed by atoms with Crippen molar-refractivity contribution in [3.8, 4) is 11.1 Å². The number of aryl methyl sites for hydroxylation is 1. The van der Waals surface area contributed by atoms with E-state index in [0.717, 1.165) is 51.4 Å². The van der Waals surface area contributed by atoms with Crippen LogP contribution < -0.4 is 22.9 Å². The van der Waals surface area contributed by atoms with Crippen LogP contribution >= 0.6 is 0 Å². The minimum absolute atomic E-state index is 0.0110. The molecular weight excluding hydrogens is 953 g/mol. The summed E-state index contributed by atoms with van der Waals surface area (Å²) >= 11 is 0. The number of rotatable bonds is 10. The molecule has 0 amide bonds. The normalized spacial score (nSPS) is 20.4. The molecule has 0 radical (unpaired) electrons. The van der Waals surface area contributed by atoms with Gasteiger partial charge < -0.3 is 22.9 Å². The maximum atomic E-state index is 11.2. The van der Waals surface area contributed by atoms with Crippen LogP contribution in [0.15, 0.2) is 152 Å². The topological polar surface area (TPSA) is 322 Å². The van der Waals surface area contributed by atoms with Crippen LogP contribution in [0, 0.1) is 0 Å². The Kier molecular flexibility index (Phi) is 18.7. The van der Waals surface area contributed by atoms with Crippen molar-refractivity contribution in [1.82, 2.24) is 0 Å². The van der Waals surface area contributed by atoms with E-state index in [0.29, 0.717) is 30.4 Å². The first-order valence-electron chi connectivity index (χ1n) is 21.5. The van der Waals surface area contributed by atoms with E-state index in [-0.39, 0.29) is 5.92 Å². The molecule has 0 heterocycles. The lowest BCUT2D eigenvalue weighted by atomic mass is 9.80. The van der Waals surface area contributed by atoms with E-state index < -0.39 is 86.6 Å². The Morgan fingerprint density at radius 1 is 0.500 bits per heavy atom. The van der Waals surface area contributed by atoms with Crippen molar-refractivity contribution in [1.29, 1.82) is 0 Å². The van der Waals surface area contributed by atoms with Gasteiger partial charge in [0.15, 0.2) is 0 Å². The van der Waals surface area contributed by atoms with Gasteiger partial charge in [0.1, 0.15) is 10.5 Å². The van der Waals surface area contributed by atoms with Crippen molar-refractivity contribution < 1.29 is 51.9 Å². The highest BCUT2D eigenvalue weighted by molar-refractivity contribution is 7.87.